The molecule has 0 saturated heterocycles. The number of rotatable bonds is 3. The number of hydrogen-bond acceptors (Lipinski definition) is 4. The first-order valence-corrected chi connectivity index (χ1v) is 7.04. The normalized spacial score (nSPS) is 10.3. The third kappa shape index (κ3) is 2.85. The van der Waals surface area contributed by atoms with Crippen LogP contribution in [0, 0.1) is 17.1 Å². The van der Waals surface area contributed by atoms with Gasteiger partial charge in [-0.3, -0.25) is 9.36 Å². The summed E-state index contributed by atoms with van der Waals surface area (Å²) in [5.74, 6) is -0.468. The summed E-state index contributed by atoms with van der Waals surface area (Å²) in [4.78, 5) is 24.9. The van der Waals surface area contributed by atoms with E-state index in [1.807, 2.05) is 6.07 Å². The van der Waals surface area contributed by atoms with Gasteiger partial charge in [0, 0.05) is 0 Å². The Bertz CT molecular complexity index is 1030. The van der Waals surface area contributed by atoms with E-state index in [0.717, 1.165) is 14.8 Å². The highest BCUT2D eigenvalue weighted by Gasteiger charge is 2.14. The number of nitrogens with zero attached hydrogens (tertiary/aromatic N) is 4. The van der Waals surface area contributed by atoms with Gasteiger partial charge >= 0.3 is 5.69 Å². The summed E-state index contributed by atoms with van der Waals surface area (Å²) >= 11 is 0. The Labute approximate surface area is 135 Å². The van der Waals surface area contributed by atoms with Crippen molar-refractivity contribution in [2.75, 3.05) is 0 Å². The van der Waals surface area contributed by atoms with Gasteiger partial charge in [-0.25, -0.2) is 9.18 Å². The molecule has 24 heavy (non-hydrogen) atoms. The lowest BCUT2D eigenvalue weighted by atomic mass is 10.2. The van der Waals surface area contributed by atoms with Crippen LogP contribution in [0.25, 0.3) is 5.69 Å². The number of benzene rings is 2. The van der Waals surface area contributed by atoms with E-state index in [0.29, 0.717) is 0 Å². The minimum atomic E-state index is -0.760. The van der Waals surface area contributed by atoms with E-state index < -0.39 is 22.8 Å². The molecular formula is C17H11FN4O2. The first-order chi connectivity index (χ1) is 11.6. The Balaban J connectivity index is 2.20. The molecule has 7 heteroatoms. The second-order valence-electron chi connectivity index (χ2n) is 5.01. The third-order valence-corrected chi connectivity index (χ3v) is 3.42. The van der Waals surface area contributed by atoms with Gasteiger partial charge in [-0.1, -0.05) is 30.3 Å². The quantitative estimate of drug-likeness (QED) is 0.731. The standard InChI is InChI=1S/C17H11FN4O2/c18-13-6-8-14(9-7-13)22-17(24)21(16(23)15(10-19)20-22)11-12-4-2-1-3-5-12/h1-9H,11H2. The summed E-state index contributed by atoms with van der Waals surface area (Å²) in [5.41, 5.74) is -0.869. The van der Waals surface area contributed by atoms with Crippen LogP contribution in [0.4, 0.5) is 4.39 Å². The topological polar surface area (TPSA) is 80.7 Å². The van der Waals surface area contributed by atoms with E-state index in [-0.39, 0.29) is 12.2 Å². The van der Waals surface area contributed by atoms with E-state index in [2.05, 4.69) is 5.10 Å². The van der Waals surface area contributed by atoms with Crippen molar-refractivity contribution >= 4 is 0 Å². The lowest BCUT2D eigenvalue weighted by Gasteiger charge is -2.10. The molecule has 0 aliphatic rings. The summed E-state index contributed by atoms with van der Waals surface area (Å²) in [7, 11) is 0. The van der Waals surface area contributed by atoms with Crippen molar-refractivity contribution < 1.29 is 4.39 Å². The molecule has 0 radical (unpaired) electrons. The first kappa shape index (κ1) is 15.4. The molecule has 0 atom stereocenters. The van der Waals surface area contributed by atoms with Crippen LogP contribution in [0.1, 0.15) is 11.3 Å². The SMILES string of the molecule is N#Cc1nn(-c2ccc(F)cc2)c(=O)n(Cc2ccccc2)c1=O. The molecule has 1 heterocycles. The molecule has 0 saturated carbocycles. The van der Waals surface area contributed by atoms with Gasteiger partial charge in [0.25, 0.3) is 5.56 Å². The predicted molar refractivity (Wildman–Crippen MR) is 84.3 cm³/mol. The molecule has 0 unspecified atom stereocenters. The summed E-state index contributed by atoms with van der Waals surface area (Å²) in [5, 5.41) is 12.9. The van der Waals surface area contributed by atoms with Crippen molar-refractivity contribution in [3.8, 4) is 11.8 Å². The van der Waals surface area contributed by atoms with Crippen LogP contribution in [-0.2, 0) is 6.54 Å². The molecule has 118 valence electrons. The molecule has 3 aromatic rings. The molecule has 0 aliphatic heterocycles. The molecule has 3 rings (SSSR count). The lowest BCUT2D eigenvalue weighted by molar-refractivity contribution is 0.606. The maximum absolute atomic E-state index is 13.1. The molecule has 0 N–H and O–H groups in total. The van der Waals surface area contributed by atoms with Crippen molar-refractivity contribution in [1.82, 2.24) is 14.3 Å². The van der Waals surface area contributed by atoms with E-state index in [4.69, 9.17) is 5.26 Å². The van der Waals surface area contributed by atoms with Gasteiger partial charge in [0.15, 0.2) is 0 Å². The second-order valence-corrected chi connectivity index (χ2v) is 5.01. The van der Waals surface area contributed by atoms with Crippen LogP contribution in [0.15, 0.2) is 64.2 Å². The van der Waals surface area contributed by atoms with Crippen molar-refractivity contribution in [2.45, 2.75) is 6.54 Å². The number of aromatic nitrogens is 3. The zero-order valence-electron chi connectivity index (χ0n) is 12.4. The van der Waals surface area contributed by atoms with Crippen molar-refractivity contribution in [1.29, 1.82) is 5.26 Å². The maximum Gasteiger partial charge on any atom is 0.352 e. The van der Waals surface area contributed by atoms with E-state index in [1.165, 1.54) is 24.3 Å². The third-order valence-electron chi connectivity index (χ3n) is 3.42. The molecule has 0 aliphatic carbocycles. The molecule has 0 bridgehead atoms. The largest absolute Gasteiger partial charge is 0.352 e. The van der Waals surface area contributed by atoms with Gasteiger partial charge in [-0.2, -0.15) is 9.94 Å². The summed E-state index contributed by atoms with van der Waals surface area (Å²) in [6.45, 7) is 0.0108. The smallest absolute Gasteiger partial charge is 0.266 e. The highest BCUT2D eigenvalue weighted by molar-refractivity contribution is 5.31. The van der Waals surface area contributed by atoms with Crippen LogP contribution >= 0.6 is 0 Å². The monoisotopic (exact) mass is 322 g/mol. The van der Waals surface area contributed by atoms with Gasteiger partial charge in [0.05, 0.1) is 12.2 Å². The van der Waals surface area contributed by atoms with E-state index in [1.54, 1.807) is 30.3 Å². The van der Waals surface area contributed by atoms with Crippen LogP contribution in [0.2, 0.25) is 0 Å². The van der Waals surface area contributed by atoms with Crippen LogP contribution < -0.4 is 11.2 Å². The zero-order valence-corrected chi connectivity index (χ0v) is 12.4. The number of halogens is 1. The van der Waals surface area contributed by atoms with Crippen molar-refractivity contribution in [2.24, 2.45) is 0 Å². The molecule has 2 aromatic carbocycles. The van der Waals surface area contributed by atoms with Crippen LogP contribution in [0.5, 0.6) is 0 Å². The average Bonchev–Trinajstić information content (AvgIpc) is 2.61. The fraction of sp³-hybridized carbons (Fsp3) is 0.0588. The van der Waals surface area contributed by atoms with Gasteiger partial charge in [-0.15, -0.1) is 5.10 Å². The Morgan fingerprint density at radius 3 is 2.33 bits per heavy atom. The Hall–Kier alpha value is -3.53. The second kappa shape index (κ2) is 6.30. The molecular weight excluding hydrogens is 311 g/mol. The Morgan fingerprint density at radius 2 is 1.71 bits per heavy atom. The summed E-state index contributed by atoms with van der Waals surface area (Å²) in [6, 6.07) is 15.6. The first-order valence-electron chi connectivity index (χ1n) is 7.04. The van der Waals surface area contributed by atoms with E-state index >= 15 is 0 Å². The minimum Gasteiger partial charge on any atom is -0.266 e. The Kier molecular flexibility index (Phi) is 4.03. The van der Waals surface area contributed by atoms with Gasteiger partial charge in [-0.05, 0) is 29.8 Å². The fourth-order valence-electron chi connectivity index (χ4n) is 2.24. The van der Waals surface area contributed by atoms with Gasteiger partial charge in [0.1, 0.15) is 11.9 Å². The Morgan fingerprint density at radius 1 is 1.04 bits per heavy atom. The molecule has 0 fully saturated rings. The molecule has 0 amide bonds. The summed E-state index contributed by atoms with van der Waals surface area (Å²) < 4.78 is 14.9. The molecule has 1 aromatic heterocycles. The maximum atomic E-state index is 13.1. The predicted octanol–water partition coefficient (Wildman–Crippen LogP) is 1.45. The highest BCUT2D eigenvalue weighted by Crippen LogP contribution is 2.05. The lowest BCUT2D eigenvalue weighted by Crippen LogP contribution is -2.42. The highest BCUT2D eigenvalue weighted by atomic mass is 19.1. The fourth-order valence-corrected chi connectivity index (χ4v) is 2.24. The van der Waals surface area contributed by atoms with E-state index in [9.17, 15) is 14.0 Å². The molecule has 0 spiro atoms. The van der Waals surface area contributed by atoms with Crippen molar-refractivity contribution in [3.63, 3.8) is 0 Å². The average molecular weight is 322 g/mol. The minimum absolute atomic E-state index is 0.0108. The number of nitriles is 1. The van der Waals surface area contributed by atoms with Gasteiger partial charge in [0.2, 0.25) is 5.69 Å². The van der Waals surface area contributed by atoms with Crippen LogP contribution in [0.3, 0.4) is 0 Å². The van der Waals surface area contributed by atoms with Gasteiger partial charge < -0.3 is 0 Å². The summed E-state index contributed by atoms with van der Waals surface area (Å²) in [6.07, 6.45) is 0. The van der Waals surface area contributed by atoms with Crippen molar-refractivity contribution in [3.05, 3.63) is 92.5 Å². The molecule has 6 nitrogen and oxygen atoms in total. The zero-order chi connectivity index (χ0) is 17.1. The van der Waals surface area contributed by atoms with Crippen LogP contribution in [-0.4, -0.2) is 14.3 Å². The number of hydrogen-bond donors (Lipinski definition) is 0.